The Morgan fingerprint density at radius 1 is 1.18 bits per heavy atom. The van der Waals surface area contributed by atoms with Crippen LogP contribution in [0.15, 0.2) is 36.4 Å². The molecule has 0 heterocycles. The van der Waals surface area contributed by atoms with Gasteiger partial charge in [0, 0.05) is 12.5 Å². The van der Waals surface area contributed by atoms with Crippen molar-refractivity contribution in [2.45, 2.75) is 18.8 Å². The van der Waals surface area contributed by atoms with Crippen LogP contribution >= 0.6 is 0 Å². The first-order valence-electron chi connectivity index (χ1n) is 7.43. The van der Waals surface area contributed by atoms with E-state index in [9.17, 15) is 5.11 Å². The molecule has 4 heteroatoms. The molecule has 2 rings (SSSR count). The molecule has 1 aromatic carbocycles. The maximum Gasteiger partial charge on any atom is 0.203 e. The van der Waals surface area contributed by atoms with E-state index >= 15 is 0 Å². The second-order valence-corrected chi connectivity index (χ2v) is 5.36. The van der Waals surface area contributed by atoms with Crippen molar-refractivity contribution in [2.75, 3.05) is 27.9 Å². The molecule has 2 atom stereocenters. The minimum Gasteiger partial charge on any atom is -0.493 e. The number of allylic oxidation sites excluding steroid dienone is 3. The smallest absolute Gasteiger partial charge is 0.203 e. The molecular formula is C18H24O4. The summed E-state index contributed by atoms with van der Waals surface area (Å²) in [6, 6.07) is 3.91. The van der Waals surface area contributed by atoms with E-state index in [1.807, 2.05) is 18.2 Å². The van der Waals surface area contributed by atoms with Crippen LogP contribution in [-0.4, -0.2) is 33.0 Å². The summed E-state index contributed by atoms with van der Waals surface area (Å²) in [7, 11) is 4.80. The van der Waals surface area contributed by atoms with Gasteiger partial charge in [0.15, 0.2) is 11.5 Å². The van der Waals surface area contributed by atoms with Crippen LogP contribution in [0.4, 0.5) is 0 Å². The fourth-order valence-electron chi connectivity index (χ4n) is 3.18. The predicted molar refractivity (Wildman–Crippen MR) is 86.9 cm³/mol. The maximum atomic E-state index is 9.74. The summed E-state index contributed by atoms with van der Waals surface area (Å²) < 4.78 is 16.2. The zero-order chi connectivity index (χ0) is 16.1. The van der Waals surface area contributed by atoms with E-state index in [-0.39, 0.29) is 18.4 Å². The third-order valence-electron chi connectivity index (χ3n) is 4.26. The van der Waals surface area contributed by atoms with E-state index in [0.29, 0.717) is 17.2 Å². The molecular weight excluding hydrogens is 280 g/mol. The molecule has 0 amide bonds. The van der Waals surface area contributed by atoms with Crippen molar-refractivity contribution in [3.8, 4) is 17.2 Å². The number of rotatable bonds is 6. The molecule has 4 nitrogen and oxygen atoms in total. The molecule has 1 aliphatic carbocycles. The van der Waals surface area contributed by atoms with Crippen molar-refractivity contribution in [3.63, 3.8) is 0 Å². The van der Waals surface area contributed by atoms with Crippen LogP contribution in [0.1, 0.15) is 24.3 Å². The Morgan fingerprint density at radius 3 is 2.27 bits per heavy atom. The summed E-state index contributed by atoms with van der Waals surface area (Å²) in [5, 5.41) is 9.74. The maximum absolute atomic E-state index is 9.74. The number of methoxy groups -OCH3 is 3. The van der Waals surface area contributed by atoms with Gasteiger partial charge in [-0.15, -0.1) is 0 Å². The Labute approximate surface area is 132 Å². The van der Waals surface area contributed by atoms with Gasteiger partial charge in [-0.3, -0.25) is 0 Å². The van der Waals surface area contributed by atoms with Crippen LogP contribution in [0, 0.1) is 5.92 Å². The number of hydrogen-bond acceptors (Lipinski definition) is 4. The summed E-state index contributed by atoms with van der Waals surface area (Å²) in [5.41, 5.74) is 2.18. The number of benzene rings is 1. The van der Waals surface area contributed by atoms with Crippen molar-refractivity contribution in [1.29, 1.82) is 0 Å². The van der Waals surface area contributed by atoms with Gasteiger partial charge < -0.3 is 19.3 Å². The predicted octanol–water partition coefficient (Wildman–Crippen LogP) is 3.31. The minimum atomic E-state index is 0.0879. The molecule has 120 valence electrons. The Kier molecular flexibility index (Phi) is 5.50. The average Bonchev–Trinajstić information content (AvgIpc) is 2.59. The fraction of sp³-hybridized carbons (Fsp3) is 0.444. The molecule has 0 saturated heterocycles. The zero-order valence-electron chi connectivity index (χ0n) is 13.5. The van der Waals surface area contributed by atoms with E-state index in [1.54, 1.807) is 21.3 Å². The highest BCUT2D eigenvalue weighted by atomic mass is 16.5. The van der Waals surface area contributed by atoms with Crippen molar-refractivity contribution >= 4 is 0 Å². The number of aliphatic hydroxyl groups excluding tert-OH is 1. The first kappa shape index (κ1) is 16.4. The molecule has 0 aromatic heterocycles. The summed E-state index contributed by atoms with van der Waals surface area (Å²) in [4.78, 5) is 0. The van der Waals surface area contributed by atoms with Crippen molar-refractivity contribution in [2.24, 2.45) is 5.92 Å². The van der Waals surface area contributed by atoms with Gasteiger partial charge in [-0.05, 0) is 42.0 Å². The first-order chi connectivity index (χ1) is 10.7. The third kappa shape index (κ3) is 2.97. The van der Waals surface area contributed by atoms with Crippen LogP contribution in [0.5, 0.6) is 17.2 Å². The molecule has 1 N–H and O–H groups in total. The minimum absolute atomic E-state index is 0.0879. The Hall–Kier alpha value is -1.94. The Morgan fingerprint density at radius 2 is 1.82 bits per heavy atom. The second kappa shape index (κ2) is 7.36. The summed E-state index contributed by atoms with van der Waals surface area (Å²) in [5.74, 6) is 2.09. The van der Waals surface area contributed by atoms with Crippen molar-refractivity contribution in [3.05, 3.63) is 42.0 Å². The number of ether oxygens (including phenoxy) is 3. The van der Waals surface area contributed by atoms with Crippen LogP contribution in [0.25, 0.3) is 0 Å². The molecule has 0 saturated carbocycles. The van der Waals surface area contributed by atoms with Crippen molar-refractivity contribution in [1.82, 2.24) is 0 Å². The molecule has 1 aromatic rings. The largest absolute Gasteiger partial charge is 0.493 e. The summed E-state index contributed by atoms with van der Waals surface area (Å²) >= 11 is 0. The standard InChI is InChI=1S/C18H24O4/c1-5-12-7-6-8-13(11-19)17(12)14-9-15(20-2)18(22-4)16(10-14)21-3/h5,7,9-10,13,17,19H,1,6,8,11H2,2-4H3/t13-,17-/m0/s1. The van der Waals surface area contributed by atoms with E-state index in [4.69, 9.17) is 14.2 Å². The van der Waals surface area contributed by atoms with Gasteiger partial charge in [0.2, 0.25) is 5.75 Å². The number of aliphatic hydroxyl groups is 1. The second-order valence-electron chi connectivity index (χ2n) is 5.36. The van der Waals surface area contributed by atoms with Gasteiger partial charge in [-0.25, -0.2) is 0 Å². The molecule has 22 heavy (non-hydrogen) atoms. The molecule has 0 unspecified atom stereocenters. The van der Waals surface area contributed by atoms with Gasteiger partial charge in [0.25, 0.3) is 0 Å². The molecule has 0 aliphatic heterocycles. The molecule has 1 aliphatic rings. The number of hydrogen-bond donors (Lipinski definition) is 1. The lowest BCUT2D eigenvalue weighted by molar-refractivity contribution is 0.201. The average molecular weight is 304 g/mol. The van der Waals surface area contributed by atoms with Crippen molar-refractivity contribution < 1.29 is 19.3 Å². The van der Waals surface area contributed by atoms with Crippen LogP contribution < -0.4 is 14.2 Å². The monoisotopic (exact) mass is 304 g/mol. The first-order valence-corrected chi connectivity index (χ1v) is 7.43. The lowest BCUT2D eigenvalue weighted by atomic mass is 9.74. The summed E-state index contributed by atoms with van der Waals surface area (Å²) in [6.07, 6.45) is 5.98. The summed E-state index contributed by atoms with van der Waals surface area (Å²) in [6.45, 7) is 4.06. The van der Waals surface area contributed by atoms with Gasteiger partial charge in [-0.2, -0.15) is 0 Å². The lowest BCUT2D eigenvalue weighted by Gasteiger charge is -2.31. The van der Waals surface area contributed by atoms with Crippen LogP contribution in [-0.2, 0) is 0 Å². The van der Waals surface area contributed by atoms with Crippen LogP contribution in [0.2, 0.25) is 0 Å². The quantitative estimate of drug-likeness (QED) is 0.876. The molecule has 0 bridgehead atoms. The van der Waals surface area contributed by atoms with E-state index in [1.165, 1.54) is 0 Å². The molecule has 0 spiro atoms. The Bertz CT molecular complexity index is 537. The topological polar surface area (TPSA) is 47.9 Å². The SMILES string of the molecule is C=CC1=CCC[C@@H](CO)[C@H]1c1cc(OC)c(OC)c(OC)c1. The highest BCUT2D eigenvalue weighted by Gasteiger charge is 2.29. The molecule has 0 radical (unpaired) electrons. The highest BCUT2D eigenvalue weighted by Crippen LogP contribution is 2.45. The zero-order valence-corrected chi connectivity index (χ0v) is 13.5. The lowest BCUT2D eigenvalue weighted by Crippen LogP contribution is -2.21. The third-order valence-corrected chi connectivity index (χ3v) is 4.26. The van der Waals surface area contributed by atoms with Gasteiger partial charge >= 0.3 is 0 Å². The van der Waals surface area contributed by atoms with Gasteiger partial charge in [-0.1, -0.05) is 18.7 Å². The van der Waals surface area contributed by atoms with Gasteiger partial charge in [0.1, 0.15) is 0 Å². The fourth-order valence-corrected chi connectivity index (χ4v) is 3.18. The van der Waals surface area contributed by atoms with E-state index in [2.05, 4.69) is 12.7 Å². The van der Waals surface area contributed by atoms with E-state index < -0.39 is 0 Å². The molecule has 0 fully saturated rings. The van der Waals surface area contributed by atoms with Gasteiger partial charge in [0.05, 0.1) is 21.3 Å². The van der Waals surface area contributed by atoms with E-state index in [0.717, 1.165) is 24.0 Å². The normalized spacial score (nSPS) is 21.0. The Balaban J connectivity index is 2.56. The van der Waals surface area contributed by atoms with Crippen LogP contribution in [0.3, 0.4) is 0 Å². The highest BCUT2D eigenvalue weighted by molar-refractivity contribution is 5.56.